The van der Waals surface area contributed by atoms with Crippen LogP contribution in [0, 0.1) is 5.92 Å². The average Bonchev–Trinajstić information content (AvgIpc) is 2.47. The molecule has 106 valence electrons. The van der Waals surface area contributed by atoms with E-state index in [-0.39, 0.29) is 17.7 Å². The molecule has 2 rings (SSSR count). The number of hydrogen-bond acceptors (Lipinski definition) is 3. The molecule has 20 heavy (non-hydrogen) atoms. The van der Waals surface area contributed by atoms with Gasteiger partial charge in [0.05, 0.1) is 6.10 Å². The van der Waals surface area contributed by atoms with E-state index in [9.17, 15) is 10.2 Å². The number of aromatic hydroxyl groups is 1. The van der Waals surface area contributed by atoms with Crippen LogP contribution in [0.25, 0.3) is 0 Å². The van der Waals surface area contributed by atoms with Gasteiger partial charge >= 0.3 is 0 Å². The van der Waals surface area contributed by atoms with E-state index >= 15 is 0 Å². The molecule has 0 radical (unpaired) electrons. The quantitative estimate of drug-likeness (QED) is 0.783. The Bertz CT molecular complexity index is 524. The highest BCUT2D eigenvalue weighted by Crippen LogP contribution is 2.24. The second-order valence-corrected chi connectivity index (χ2v) is 5.28. The Morgan fingerprint density at radius 3 is 2.20 bits per heavy atom. The van der Waals surface area contributed by atoms with Crippen LogP contribution in [0.15, 0.2) is 54.6 Å². The summed E-state index contributed by atoms with van der Waals surface area (Å²) in [5, 5.41) is 19.6. The van der Waals surface area contributed by atoms with Crippen molar-refractivity contribution >= 4 is 0 Å². The Morgan fingerprint density at radius 1 is 1.00 bits per heavy atom. The summed E-state index contributed by atoms with van der Waals surface area (Å²) < 4.78 is 0. The number of phenolic OH excluding ortho intramolecular Hbond substituents is 1. The molecule has 3 atom stereocenters. The highest BCUT2D eigenvalue weighted by Gasteiger charge is 2.23. The molecule has 3 nitrogen and oxygen atoms in total. The second kappa shape index (κ2) is 6.55. The summed E-state index contributed by atoms with van der Waals surface area (Å²) >= 11 is 0. The van der Waals surface area contributed by atoms with E-state index in [1.54, 1.807) is 24.3 Å². The van der Waals surface area contributed by atoms with E-state index in [0.717, 1.165) is 12.0 Å². The number of hydrogen-bond donors (Lipinski definition) is 3. The van der Waals surface area contributed by atoms with Crippen molar-refractivity contribution in [2.75, 3.05) is 0 Å². The zero-order valence-electron chi connectivity index (χ0n) is 11.6. The minimum atomic E-state index is -0.727. The number of aliphatic hydroxyl groups excluding tert-OH is 1. The van der Waals surface area contributed by atoms with Gasteiger partial charge in [-0.05, 0) is 35.6 Å². The fourth-order valence-corrected chi connectivity index (χ4v) is 2.33. The molecule has 0 amide bonds. The minimum Gasteiger partial charge on any atom is -0.508 e. The molecule has 0 saturated carbocycles. The lowest BCUT2D eigenvalue weighted by atomic mass is 9.88. The Morgan fingerprint density at radius 2 is 1.60 bits per heavy atom. The Kier molecular flexibility index (Phi) is 4.77. The first kappa shape index (κ1) is 14.6. The Hall–Kier alpha value is -1.84. The van der Waals surface area contributed by atoms with Crippen molar-refractivity contribution in [1.29, 1.82) is 0 Å². The number of nitrogens with two attached hydrogens (primary N) is 1. The van der Waals surface area contributed by atoms with E-state index in [0.29, 0.717) is 0 Å². The predicted octanol–water partition coefficient (Wildman–Crippen LogP) is 2.63. The van der Waals surface area contributed by atoms with Crippen LogP contribution in [0.5, 0.6) is 5.75 Å². The van der Waals surface area contributed by atoms with Crippen molar-refractivity contribution in [2.45, 2.75) is 25.5 Å². The number of phenols is 1. The molecule has 2 aromatic carbocycles. The van der Waals surface area contributed by atoms with Crippen LogP contribution >= 0.6 is 0 Å². The molecule has 1 unspecified atom stereocenters. The maximum absolute atomic E-state index is 10.3. The molecule has 2 aromatic rings. The first-order valence-electron chi connectivity index (χ1n) is 6.84. The van der Waals surface area contributed by atoms with Gasteiger partial charge in [0.15, 0.2) is 0 Å². The summed E-state index contributed by atoms with van der Waals surface area (Å²) in [6.07, 6.45) is 0.103. The van der Waals surface area contributed by atoms with Crippen molar-refractivity contribution in [2.24, 2.45) is 11.7 Å². The van der Waals surface area contributed by atoms with Crippen LogP contribution in [-0.2, 0) is 6.42 Å². The van der Waals surface area contributed by atoms with Gasteiger partial charge in [-0.2, -0.15) is 0 Å². The lowest BCUT2D eigenvalue weighted by Crippen LogP contribution is -2.36. The van der Waals surface area contributed by atoms with Gasteiger partial charge in [0.25, 0.3) is 0 Å². The summed E-state index contributed by atoms with van der Waals surface area (Å²) in [5.74, 6) is 0.341. The van der Waals surface area contributed by atoms with Crippen molar-refractivity contribution in [3.63, 3.8) is 0 Å². The molecule has 0 saturated heterocycles. The van der Waals surface area contributed by atoms with Crippen molar-refractivity contribution in [3.05, 3.63) is 65.7 Å². The molecule has 0 bridgehead atoms. The van der Waals surface area contributed by atoms with Gasteiger partial charge < -0.3 is 15.9 Å². The maximum atomic E-state index is 10.3. The van der Waals surface area contributed by atoms with Gasteiger partial charge in [0.2, 0.25) is 0 Å². The van der Waals surface area contributed by atoms with Crippen LogP contribution in [-0.4, -0.2) is 16.3 Å². The molecule has 3 heteroatoms. The number of aliphatic hydroxyl groups is 1. The summed E-state index contributed by atoms with van der Waals surface area (Å²) in [6, 6.07) is 16.3. The first-order chi connectivity index (χ1) is 9.58. The first-order valence-corrected chi connectivity index (χ1v) is 6.84. The second-order valence-electron chi connectivity index (χ2n) is 5.28. The Labute approximate surface area is 119 Å². The topological polar surface area (TPSA) is 66.5 Å². The van der Waals surface area contributed by atoms with Crippen LogP contribution in [0.1, 0.15) is 24.2 Å². The summed E-state index contributed by atoms with van der Waals surface area (Å²) in [6.45, 7) is 2.04. The molecule has 0 spiro atoms. The van der Waals surface area contributed by atoms with Crippen molar-refractivity contribution in [1.82, 2.24) is 0 Å². The van der Waals surface area contributed by atoms with Crippen LogP contribution in [0.4, 0.5) is 0 Å². The van der Waals surface area contributed by atoms with E-state index in [4.69, 9.17) is 5.73 Å². The lowest BCUT2D eigenvalue weighted by molar-refractivity contribution is 0.121. The molecule has 0 heterocycles. The van der Waals surface area contributed by atoms with Gasteiger partial charge in [0.1, 0.15) is 5.75 Å². The summed E-state index contributed by atoms with van der Waals surface area (Å²) in [5.41, 5.74) is 8.11. The standard InChI is InChI=1S/C17H21NO2/c1-12(11-13-5-3-2-4-6-13)16(18)17(20)14-7-9-15(19)10-8-14/h2-10,12,16-17,19-20H,11,18H2,1H3/t12?,16-,17-/m1/s1. The molecule has 0 aliphatic carbocycles. The number of benzene rings is 2. The average molecular weight is 271 g/mol. The van der Waals surface area contributed by atoms with Gasteiger partial charge in [0, 0.05) is 6.04 Å². The molecular formula is C17H21NO2. The van der Waals surface area contributed by atoms with Crippen LogP contribution in [0.2, 0.25) is 0 Å². The summed E-state index contributed by atoms with van der Waals surface area (Å²) in [7, 11) is 0. The third-order valence-corrected chi connectivity index (χ3v) is 3.66. The number of rotatable bonds is 5. The van der Waals surface area contributed by atoms with Gasteiger partial charge in [-0.1, -0.05) is 49.4 Å². The molecule has 0 aromatic heterocycles. The zero-order chi connectivity index (χ0) is 14.5. The van der Waals surface area contributed by atoms with Crippen LogP contribution < -0.4 is 5.73 Å². The normalized spacial score (nSPS) is 15.6. The molecular weight excluding hydrogens is 250 g/mol. The van der Waals surface area contributed by atoms with Crippen molar-refractivity contribution < 1.29 is 10.2 Å². The third-order valence-electron chi connectivity index (χ3n) is 3.66. The lowest BCUT2D eigenvalue weighted by Gasteiger charge is -2.25. The van der Waals surface area contributed by atoms with E-state index < -0.39 is 6.10 Å². The molecule has 4 N–H and O–H groups in total. The van der Waals surface area contributed by atoms with Gasteiger partial charge in [-0.25, -0.2) is 0 Å². The SMILES string of the molecule is CC(Cc1ccccc1)[C@@H](N)[C@H](O)c1ccc(O)cc1. The van der Waals surface area contributed by atoms with E-state index in [1.807, 2.05) is 25.1 Å². The van der Waals surface area contributed by atoms with E-state index in [1.165, 1.54) is 5.56 Å². The molecule has 0 aliphatic rings. The van der Waals surface area contributed by atoms with Crippen LogP contribution in [0.3, 0.4) is 0 Å². The predicted molar refractivity (Wildman–Crippen MR) is 80.4 cm³/mol. The fourth-order valence-electron chi connectivity index (χ4n) is 2.33. The monoisotopic (exact) mass is 271 g/mol. The minimum absolute atomic E-state index is 0.154. The molecule has 0 fully saturated rings. The molecule has 0 aliphatic heterocycles. The smallest absolute Gasteiger partial charge is 0.115 e. The van der Waals surface area contributed by atoms with E-state index in [2.05, 4.69) is 12.1 Å². The third kappa shape index (κ3) is 3.59. The van der Waals surface area contributed by atoms with Gasteiger partial charge in [-0.3, -0.25) is 0 Å². The zero-order valence-corrected chi connectivity index (χ0v) is 11.6. The Balaban J connectivity index is 2.02. The van der Waals surface area contributed by atoms with Gasteiger partial charge in [-0.15, -0.1) is 0 Å². The largest absolute Gasteiger partial charge is 0.508 e. The highest BCUT2D eigenvalue weighted by atomic mass is 16.3. The maximum Gasteiger partial charge on any atom is 0.115 e. The van der Waals surface area contributed by atoms with Crippen molar-refractivity contribution in [3.8, 4) is 5.75 Å². The fraction of sp³-hybridized carbons (Fsp3) is 0.294. The highest BCUT2D eigenvalue weighted by molar-refractivity contribution is 5.28. The summed E-state index contributed by atoms with van der Waals surface area (Å²) in [4.78, 5) is 0.